The van der Waals surface area contributed by atoms with Crippen molar-refractivity contribution in [2.24, 2.45) is 0 Å². The van der Waals surface area contributed by atoms with Gasteiger partial charge in [-0.2, -0.15) is 5.10 Å². The Hall–Kier alpha value is -0.490. The summed E-state index contributed by atoms with van der Waals surface area (Å²) in [5.74, 6) is 0. The molecule has 0 unspecified atom stereocenters. The van der Waals surface area contributed by atoms with Crippen LogP contribution in [-0.4, -0.2) is 39.5 Å². The number of nitrogens with zero attached hydrogens (tertiary/aromatic N) is 3. The van der Waals surface area contributed by atoms with Crippen LogP contribution in [0.5, 0.6) is 0 Å². The Kier molecular flexibility index (Phi) is 5.90. The third-order valence-electron chi connectivity index (χ3n) is 2.21. The van der Waals surface area contributed by atoms with Crippen LogP contribution in [0.15, 0.2) is 12.4 Å². The second-order valence-corrected chi connectivity index (χ2v) is 4.31. The van der Waals surface area contributed by atoms with Crippen LogP contribution in [0.4, 0.5) is 8.78 Å². The summed E-state index contributed by atoms with van der Waals surface area (Å²) in [6.07, 6.45) is 1.34. The van der Waals surface area contributed by atoms with E-state index < -0.39 is 6.43 Å². The molecule has 0 N–H and O–H groups in total. The molecular weight excluding hydrogens is 280 g/mol. The summed E-state index contributed by atoms with van der Waals surface area (Å²) in [4.78, 5) is 1.72. The largest absolute Gasteiger partial charge is 0.292 e. The number of rotatable bonds is 7. The molecule has 92 valence electrons. The van der Waals surface area contributed by atoms with Gasteiger partial charge in [0.05, 0.1) is 12.7 Å². The van der Waals surface area contributed by atoms with Gasteiger partial charge < -0.3 is 0 Å². The molecule has 0 aliphatic rings. The van der Waals surface area contributed by atoms with Gasteiger partial charge in [-0.25, -0.2) is 8.78 Å². The number of halogens is 3. The molecule has 0 spiro atoms. The molecule has 1 aromatic rings. The standard InChI is InChI=1S/C10H16BrF2N3/c1-2-16-7-9(5-14-16)6-15(4-3-11)8-10(12)13/h5,7,10H,2-4,6,8H2,1H3. The van der Waals surface area contributed by atoms with E-state index in [-0.39, 0.29) is 6.54 Å². The van der Waals surface area contributed by atoms with Gasteiger partial charge >= 0.3 is 0 Å². The summed E-state index contributed by atoms with van der Waals surface area (Å²) in [7, 11) is 0. The molecule has 1 heterocycles. The molecule has 1 rings (SSSR count). The van der Waals surface area contributed by atoms with Crippen LogP contribution in [0.1, 0.15) is 12.5 Å². The van der Waals surface area contributed by atoms with Crippen molar-refractivity contribution in [1.82, 2.24) is 14.7 Å². The molecule has 0 amide bonds. The summed E-state index contributed by atoms with van der Waals surface area (Å²) in [5, 5.41) is 4.81. The van der Waals surface area contributed by atoms with E-state index >= 15 is 0 Å². The Morgan fingerprint density at radius 2 is 2.31 bits per heavy atom. The molecule has 0 aromatic carbocycles. The summed E-state index contributed by atoms with van der Waals surface area (Å²) in [6.45, 7) is 3.74. The average molecular weight is 296 g/mol. The Labute approximate surface area is 103 Å². The predicted molar refractivity (Wildman–Crippen MR) is 63.0 cm³/mol. The first-order valence-electron chi connectivity index (χ1n) is 5.23. The lowest BCUT2D eigenvalue weighted by Crippen LogP contribution is -2.30. The Morgan fingerprint density at radius 1 is 1.56 bits per heavy atom. The molecule has 0 bridgehead atoms. The van der Waals surface area contributed by atoms with Gasteiger partial charge in [0.25, 0.3) is 6.43 Å². The van der Waals surface area contributed by atoms with Crippen LogP contribution in [0.25, 0.3) is 0 Å². The Balaban J connectivity index is 2.52. The van der Waals surface area contributed by atoms with Crippen LogP contribution < -0.4 is 0 Å². The van der Waals surface area contributed by atoms with E-state index in [0.29, 0.717) is 18.4 Å². The van der Waals surface area contributed by atoms with Crippen LogP contribution in [0.2, 0.25) is 0 Å². The van der Waals surface area contributed by atoms with E-state index in [9.17, 15) is 8.78 Å². The summed E-state index contributed by atoms with van der Waals surface area (Å²) >= 11 is 3.26. The van der Waals surface area contributed by atoms with Gasteiger partial charge in [0.15, 0.2) is 0 Å². The van der Waals surface area contributed by atoms with Gasteiger partial charge in [-0.15, -0.1) is 0 Å². The van der Waals surface area contributed by atoms with Crippen LogP contribution in [0, 0.1) is 0 Å². The summed E-state index contributed by atoms with van der Waals surface area (Å²) in [6, 6.07) is 0. The number of alkyl halides is 3. The summed E-state index contributed by atoms with van der Waals surface area (Å²) < 4.78 is 26.4. The van der Waals surface area contributed by atoms with Gasteiger partial charge in [0.1, 0.15) is 0 Å². The number of aryl methyl sites for hydroxylation is 1. The first-order valence-corrected chi connectivity index (χ1v) is 6.35. The molecular formula is C10H16BrF2N3. The molecule has 0 fully saturated rings. The lowest BCUT2D eigenvalue weighted by Gasteiger charge is -2.19. The van der Waals surface area contributed by atoms with Gasteiger partial charge in [-0.3, -0.25) is 9.58 Å². The highest BCUT2D eigenvalue weighted by atomic mass is 79.9. The van der Waals surface area contributed by atoms with Crippen molar-refractivity contribution < 1.29 is 8.78 Å². The lowest BCUT2D eigenvalue weighted by molar-refractivity contribution is 0.0881. The van der Waals surface area contributed by atoms with Crippen molar-refractivity contribution in [2.75, 3.05) is 18.4 Å². The third-order valence-corrected chi connectivity index (χ3v) is 2.57. The molecule has 0 atom stereocenters. The second-order valence-electron chi connectivity index (χ2n) is 3.52. The van der Waals surface area contributed by atoms with Crippen LogP contribution >= 0.6 is 15.9 Å². The van der Waals surface area contributed by atoms with Crippen molar-refractivity contribution in [2.45, 2.75) is 26.4 Å². The maximum atomic E-state index is 12.3. The maximum Gasteiger partial charge on any atom is 0.251 e. The second kappa shape index (κ2) is 6.96. The fourth-order valence-electron chi connectivity index (χ4n) is 1.47. The normalized spacial score (nSPS) is 11.6. The first kappa shape index (κ1) is 13.6. The Morgan fingerprint density at radius 3 is 2.81 bits per heavy atom. The van der Waals surface area contributed by atoms with Gasteiger partial charge in [0, 0.05) is 36.7 Å². The highest BCUT2D eigenvalue weighted by Gasteiger charge is 2.12. The summed E-state index contributed by atoms with van der Waals surface area (Å²) in [5.41, 5.74) is 0.975. The predicted octanol–water partition coefficient (Wildman–Crippen LogP) is 2.37. The number of hydrogen-bond donors (Lipinski definition) is 0. The van der Waals surface area contributed by atoms with E-state index in [0.717, 1.165) is 12.1 Å². The quantitative estimate of drug-likeness (QED) is 0.720. The van der Waals surface area contributed by atoms with E-state index in [1.807, 2.05) is 13.1 Å². The topological polar surface area (TPSA) is 21.1 Å². The zero-order valence-corrected chi connectivity index (χ0v) is 10.8. The molecule has 0 radical (unpaired) electrons. The number of aromatic nitrogens is 2. The zero-order valence-electron chi connectivity index (χ0n) is 9.24. The van der Waals surface area contributed by atoms with Crippen molar-refractivity contribution in [3.8, 4) is 0 Å². The average Bonchev–Trinajstić information content (AvgIpc) is 2.65. The zero-order chi connectivity index (χ0) is 12.0. The van der Waals surface area contributed by atoms with E-state index in [4.69, 9.17) is 0 Å². The fourth-order valence-corrected chi connectivity index (χ4v) is 1.97. The van der Waals surface area contributed by atoms with Gasteiger partial charge in [-0.05, 0) is 6.92 Å². The molecule has 3 nitrogen and oxygen atoms in total. The minimum atomic E-state index is -2.29. The Bertz CT molecular complexity index is 304. The molecule has 1 aromatic heterocycles. The van der Waals surface area contributed by atoms with Crippen LogP contribution in [-0.2, 0) is 13.1 Å². The first-order chi connectivity index (χ1) is 7.65. The maximum absolute atomic E-state index is 12.3. The van der Waals surface area contributed by atoms with Crippen molar-refractivity contribution in [3.05, 3.63) is 18.0 Å². The van der Waals surface area contributed by atoms with Crippen molar-refractivity contribution in [1.29, 1.82) is 0 Å². The smallest absolute Gasteiger partial charge is 0.251 e. The minimum absolute atomic E-state index is 0.192. The van der Waals surface area contributed by atoms with Crippen LogP contribution in [0.3, 0.4) is 0 Å². The SMILES string of the molecule is CCn1cc(CN(CCBr)CC(F)F)cn1. The lowest BCUT2D eigenvalue weighted by atomic mass is 10.3. The highest BCUT2D eigenvalue weighted by molar-refractivity contribution is 9.09. The minimum Gasteiger partial charge on any atom is -0.292 e. The van der Waals surface area contributed by atoms with E-state index in [1.54, 1.807) is 15.8 Å². The molecule has 6 heteroatoms. The van der Waals surface area contributed by atoms with Crippen molar-refractivity contribution >= 4 is 15.9 Å². The molecule has 0 saturated heterocycles. The molecule has 16 heavy (non-hydrogen) atoms. The third kappa shape index (κ3) is 4.57. The highest BCUT2D eigenvalue weighted by Crippen LogP contribution is 2.07. The van der Waals surface area contributed by atoms with E-state index in [1.165, 1.54) is 0 Å². The van der Waals surface area contributed by atoms with Gasteiger partial charge in [0.2, 0.25) is 0 Å². The van der Waals surface area contributed by atoms with E-state index in [2.05, 4.69) is 21.0 Å². The molecule has 0 aliphatic heterocycles. The van der Waals surface area contributed by atoms with Crippen molar-refractivity contribution in [3.63, 3.8) is 0 Å². The monoisotopic (exact) mass is 295 g/mol. The fraction of sp³-hybridized carbons (Fsp3) is 0.700. The molecule has 0 saturated carbocycles. The van der Waals surface area contributed by atoms with Gasteiger partial charge in [-0.1, -0.05) is 15.9 Å². The molecule has 0 aliphatic carbocycles. The number of hydrogen-bond acceptors (Lipinski definition) is 2.